The van der Waals surface area contributed by atoms with E-state index < -0.39 is 17.3 Å². The van der Waals surface area contributed by atoms with E-state index in [1.807, 2.05) is 13.8 Å². The predicted molar refractivity (Wildman–Crippen MR) is 65.1 cm³/mol. The molecular weight excluding hydrogens is 244 g/mol. The molecule has 17 heavy (non-hydrogen) atoms. The van der Waals surface area contributed by atoms with E-state index in [4.69, 9.17) is 11.6 Å². The molecule has 6 nitrogen and oxygen atoms in total. The molecule has 7 heteroatoms. The summed E-state index contributed by atoms with van der Waals surface area (Å²) in [6.45, 7) is 5.42. The third-order valence-corrected chi connectivity index (χ3v) is 2.18. The number of halogens is 1. The van der Waals surface area contributed by atoms with Crippen LogP contribution in [0.2, 0.25) is 0 Å². The van der Waals surface area contributed by atoms with Gasteiger partial charge in [-0.1, -0.05) is 0 Å². The Kier molecular flexibility index (Phi) is 4.51. The van der Waals surface area contributed by atoms with Gasteiger partial charge in [-0.2, -0.15) is 5.10 Å². The van der Waals surface area contributed by atoms with Crippen LogP contribution in [0.5, 0.6) is 0 Å². The van der Waals surface area contributed by atoms with Crippen molar-refractivity contribution in [3.8, 4) is 0 Å². The van der Waals surface area contributed by atoms with Crippen molar-refractivity contribution in [3.05, 3.63) is 12.4 Å². The lowest BCUT2D eigenvalue weighted by Gasteiger charge is -2.06. The van der Waals surface area contributed by atoms with E-state index in [1.165, 1.54) is 13.1 Å². The van der Waals surface area contributed by atoms with Crippen LogP contribution in [-0.4, -0.2) is 27.1 Å². The summed E-state index contributed by atoms with van der Waals surface area (Å²) in [7, 11) is 0. The van der Waals surface area contributed by atoms with E-state index in [0.717, 1.165) is 0 Å². The van der Waals surface area contributed by atoms with E-state index >= 15 is 0 Å². The standard InChI is InChI=1S/C10H15ClN4O2/c1-6(2)15-5-8(4-12-15)13-10(17)14-9(16)7(3)11/h4-7H,1-3H3,(H2,13,14,16,17). The first kappa shape index (κ1) is 13.5. The number of carbonyl (C=O) groups is 2. The van der Waals surface area contributed by atoms with Crippen molar-refractivity contribution >= 4 is 29.2 Å². The largest absolute Gasteiger partial charge is 0.326 e. The number of nitrogens with zero attached hydrogens (tertiary/aromatic N) is 2. The number of hydrogen-bond acceptors (Lipinski definition) is 3. The second-order valence-electron chi connectivity index (χ2n) is 3.86. The lowest BCUT2D eigenvalue weighted by Crippen LogP contribution is -2.38. The van der Waals surface area contributed by atoms with Crippen molar-refractivity contribution in [2.45, 2.75) is 32.2 Å². The quantitative estimate of drug-likeness (QED) is 0.811. The third-order valence-electron chi connectivity index (χ3n) is 1.99. The summed E-state index contributed by atoms with van der Waals surface area (Å²) in [6, 6.07) is -0.413. The molecule has 1 atom stereocenters. The zero-order valence-electron chi connectivity index (χ0n) is 9.90. The van der Waals surface area contributed by atoms with Gasteiger partial charge in [0.1, 0.15) is 5.38 Å². The van der Waals surface area contributed by atoms with E-state index in [0.29, 0.717) is 5.69 Å². The van der Waals surface area contributed by atoms with Crippen LogP contribution < -0.4 is 10.6 Å². The van der Waals surface area contributed by atoms with E-state index in [-0.39, 0.29) is 6.04 Å². The van der Waals surface area contributed by atoms with Crippen molar-refractivity contribution in [3.63, 3.8) is 0 Å². The number of urea groups is 1. The van der Waals surface area contributed by atoms with Crippen LogP contribution in [0.4, 0.5) is 10.5 Å². The molecule has 1 heterocycles. The molecule has 0 aliphatic rings. The van der Waals surface area contributed by atoms with Gasteiger partial charge in [0.15, 0.2) is 0 Å². The van der Waals surface area contributed by atoms with Gasteiger partial charge in [-0.25, -0.2) is 4.79 Å². The van der Waals surface area contributed by atoms with E-state index in [9.17, 15) is 9.59 Å². The topological polar surface area (TPSA) is 76.0 Å². The number of rotatable bonds is 3. The first-order valence-electron chi connectivity index (χ1n) is 5.20. The van der Waals surface area contributed by atoms with Crippen molar-refractivity contribution < 1.29 is 9.59 Å². The van der Waals surface area contributed by atoms with Crippen molar-refractivity contribution in [1.29, 1.82) is 0 Å². The maximum atomic E-state index is 11.4. The molecular formula is C10H15ClN4O2. The average molecular weight is 259 g/mol. The molecule has 0 fully saturated rings. The molecule has 2 N–H and O–H groups in total. The minimum absolute atomic E-state index is 0.207. The van der Waals surface area contributed by atoms with E-state index in [1.54, 1.807) is 10.9 Å². The lowest BCUT2D eigenvalue weighted by molar-refractivity contribution is -0.119. The summed E-state index contributed by atoms with van der Waals surface area (Å²) in [6.07, 6.45) is 3.19. The van der Waals surface area contributed by atoms with E-state index in [2.05, 4.69) is 15.7 Å². The summed E-state index contributed by atoms with van der Waals surface area (Å²) < 4.78 is 1.70. The normalized spacial score (nSPS) is 12.3. The third kappa shape index (κ3) is 4.07. The highest BCUT2D eigenvalue weighted by Crippen LogP contribution is 2.09. The second kappa shape index (κ2) is 5.67. The number of carbonyl (C=O) groups excluding carboxylic acids is 2. The Hall–Kier alpha value is -1.56. The molecule has 0 bridgehead atoms. The first-order chi connectivity index (χ1) is 7.90. The molecule has 0 aliphatic heterocycles. The maximum Gasteiger partial charge on any atom is 0.326 e. The van der Waals surface area contributed by atoms with Gasteiger partial charge in [-0.05, 0) is 20.8 Å². The number of hydrogen-bond donors (Lipinski definition) is 2. The molecule has 1 rings (SSSR count). The Morgan fingerprint density at radius 1 is 1.41 bits per heavy atom. The Balaban J connectivity index is 2.53. The Morgan fingerprint density at radius 3 is 2.53 bits per heavy atom. The SMILES string of the molecule is CC(Cl)C(=O)NC(=O)Nc1cnn(C(C)C)c1. The summed E-state index contributed by atoms with van der Waals surface area (Å²) in [4.78, 5) is 22.5. The monoisotopic (exact) mass is 258 g/mol. The molecule has 3 amide bonds. The van der Waals surface area contributed by atoms with Crippen molar-refractivity contribution in [2.75, 3.05) is 5.32 Å². The van der Waals surface area contributed by atoms with Crippen LogP contribution in [0.3, 0.4) is 0 Å². The maximum absolute atomic E-state index is 11.4. The van der Waals surface area contributed by atoms with Gasteiger partial charge in [-0.3, -0.25) is 14.8 Å². The van der Waals surface area contributed by atoms with Crippen LogP contribution in [0.15, 0.2) is 12.4 Å². The molecule has 1 aromatic rings. The Bertz CT molecular complexity index is 414. The molecule has 0 aromatic carbocycles. The van der Waals surface area contributed by atoms with Crippen molar-refractivity contribution in [1.82, 2.24) is 15.1 Å². The van der Waals surface area contributed by atoms with Crippen LogP contribution >= 0.6 is 11.6 Å². The number of alkyl halides is 1. The Morgan fingerprint density at radius 2 is 2.06 bits per heavy atom. The van der Waals surface area contributed by atoms with Gasteiger partial charge in [0, 0.05) is 12.2 Å². The molecule has 0 saturated heterocycles. The van der Waals surface area contributed by atoms with Crippen LogP contribution in [0.1, 0.15) is 26.8 Å². The van der Waals surface area contributed by atoms with Gasteiger partial charge in [0.25, 0.3) is 0 Å². The summed E-state index contributed by atoms with van der Waals surface area (Å²) in [5.74, 6) is -0.541. The number of aromatic nitrogens is 2. The molecule has 0 aliphatic carbocycles. The minimum Gasteiger partial charge on any atom is -0.305 e. The molecule has 94 valence electrons. The molecule has 0 saturated carbocycles. The van der Waals surface area contributed by atoms with Gasteiger partial charge in [0.05, 0.1) is 11.9 Å². The smallest absolute Gasteiger partial charge is 0.305 e. The number of nitrogens with one attached hydrogen (secondary N) is 2. The fourth-order valence-electron chi connectivity index (χ4n) is 1.06. The zero-order chi connectivity index (χ0) is 13.0. The van der Waals surface area contributed by atoms with Gasteiger partial charge in [-0.15, -0.1) is 11.6 Å². The molecule has 0 spiro atoms. The average Bonchev–Trinajstić information content (AvgIpc) is 2.65. The highest BCUT2D eigenvalue weighted by Gasteiger charge is 2.13. The minimum atomic E-state index is -0.751. The number of imide groups is 1. The Labute approximate surface area is 104 Å². The number of amides is 3. The summed E-state index contributed by atoms with van der Waals surface area (Å²) >= 11 is 5.51. The second-order valence-corrected chi connectivity index (χ2v) is 4.52. The first-order valence-corrected chi connectivity index (χ1v) is 5.64. The molecule has 1 aromatic heterocycles. The predicted octanol–water partition coefficient (Wildman–Crippen LogP) is 1.74. The van der Waals surface area contributed by atoms with Gasteiger partial charge in [0.2, 0.25) is 5.91 Å². The fourth-order valence-corrected chi connectivity index (χ4v) is 1.11. The van der Waals surface area contributed by atoms with Gasteiger partial charge >= 0.3 is 6.03 Å². The number of anilines is 1. The van der Waals surface area contributed by atoms with Crippen LogP contribution in [0, 0.1) is 0 Å². The highest BCUT2D eigenvalue weighted by atomic mass is 35.5. The van der Waals surface area contributed by atoms with Gasteiger partial charge < -0.3 is 5.32 Å². The van der Waals surface area contributed by atoms with Crippen LogP contribution in [-0.2, 0) is 4.79 Å². The zero-order valence-corrected chi connectivity index (χ0v) is 10.7. The lowest BCUT2D eigenvalue weighted by atomic mass is 10.4. The highest BCUT2D eigenvalue weighted by molar-refractivity contribution is 6.31. The summed E-state index contributed by atoms with van der Waals surface area (Å²) in [5, 5.41) is 7.89. The molecule has 1 unspecified atom stereocenters. The summed E-state index contributed by atoms with van der Waals surface area (Å²) in [5.41, 5.74) is 0.520. The fraction of sp³-hybridized carbons (Fsp3) is 0.500. The van der Waals surface area contributed by atoms with Crippen molar-refractivity contribution in [2.24, 2.45) is 0 Å². The van der Waals surface area contributed by atoms with Crippen LogP contribution in [0.25, 0.3) is 0 Å². The molecule has 0 radical (unpaired) electrons.